The molecule has 0 fully saturated rings. The lowest BCUT2D eigenvalue weighted by atomic mass is 10.1. The molecule has 2 rings (SSSR count). The van der Waals surface area contributed by atoms with E-state index in [1.54, 1.807) is 0 Å². The topological polar surface area (TPSA) is 81.2 Å². The maximum absolute atomic E-state index is 12.2. The lowest BCUT2D eigenvalue weighted by Crippen LogP contribution is -2.32. The number of thiophene rings is 1. The predicted octanol–water partition coefficient (Wildman–Crippen LogP) is 3.28. The highest BCUT2D eigenvalue weighted by atomic mass is 79.9. The summed E-state index contributed by atoms with van der Waals surface area (Å²) >= 11 is 4.85. The van der Waals surface area contributed by atoms with E-state index in [9.17, 15) is 4.79 Å². The van der Waals surface area contributed by atoms with E-state index in [0.29, 0.717) is 11.3 Å². The van der Waals surface area contributed by atoms with E-state index in [0.717, 1.165) is 15.1 Å². The highest BCUT2D eigenvalue weighted by Gasteiger charge is 2.24. The summed E-state index contributed by atoms with van der Waals surface area (Å²) < 4.78 is 5.91. The van der Waals surface area contributed by atoms with Crippen molar-refractivity contribution in [3.63, 3.8) is 0 Å². The smallest absolute Gasteiger partial charge is 0.259 e. The summed E-state index contributed by atoms with van der Waals surface area (Å²) in [5, 5.41) is 6.75. The number of carbonyl (C=O) groups excluding carboxylic acids is 1. The van der Waals surface area contributed by atoms with Crippen LogP contribution in [0.3, 0.4) is 0 Å². The molecule has 102 valence electrons. The average Bonchev–Trinajstić information content (AvgIpc) is 2.95. The van der Waals surface area contributed by atoms with Crippen molar-refractivity contribution in [1.29, 1.82) is 0 Å². The molecule has 0 aliphatic rings. The molecule has 2 aromatic rings. The minimum atomic E-state index is -0.257. The zero-order valence-corrected chi connectivity index (χ0v) is 13.0. The monoisotopic (exact) mass is 343 g/mol. The molecule has 7 heteroatoms. The molecular formula is C12H14BrN3O2S. The van der Waals surface area contributed by atoms with Crippen LogP contribution >= 0.6 is 27.3 Å². The number of hydrogen-bond acceptors (Lipinski definition) is 5. The molecule has 2 aromatic heterocycles. The summed E-state index contributed by atoms with van der Waals surface area (Å²) in [6, 6.07) is 3.83. The third-order valence-corrected chi connectivity index (χ3v) is 4.37. The second-order valence-corrected chi connectivity index (χ2v) is 6.62. The predicted molar refractivity (Wildman–Crippen MR) is 79.1 cm³/mol. The van der Waals surface area contributed by atoms with Crippen molar-refractivity contribution in [3.8, 4) is 10.6 Å². The molecule has 19 heavy (non-hydrogen) atoms. The van der Waals surface area contributed by atoms with Gasteiger partial charge in [0.25, 0.3) is 5.91 Å². The Bertz CT molecular complexity index is 594. The summed E-state index contributed by atoms with van der Waals surface area (Å²) in [5.74, 6) is -0.215. The van der Waals surface area contributed by atoms with E-state index in [2.05, 4.69) is 26.4 Å². The van der Waals surface area contributed by atoms with Crippen molar-refractivity contribution in [2.24, 2.45) is 0 Å². The van der Waals surface area contributed by atoms with E-state index in [4.69, 9.17) is 10.3 Å². The van der Waals surface area contributed by atoms with E-state index in [1.807, 2.05) is 26.0 Å². The first-order chi connectivity index (χ1) is 9.02. The molecule has 0 aliphatic heterocycles. The minimum Gasteiger partial charge on any atom is -0.367 e. The summed E-state index contributed by atoms with van der Waals surface area (Å²) in [7, 11) is 0. The Morgan fingerprint density at radius 2 is 2.37 bits per heavy atom. The number of amides is 1. The molecule has 0 aliphatic carbocycles. The number of nitrogens with two attached hydrogens (primary N) is 1. The molecule has 3 N–H and O–H groups in total. The van der Waals surface area contributed by atoms with Crippen molar-refractivity contribution in [2.75, 3.05) is 5.73 Å². The first kappa shape index (κ1) is 14.1. The van der Waals surface area contributed by atoms with Crippen LogP contribution in [0.25, 0.3) is 10.6 Å². The Hall–Kier alpha value is -1.34. The van der Waals surface area contributed by atoms with Crippen molar-refractivity contribution < 1.29 is 9.32 Å². The molecule has 1 amide bonds. The lowest BCUT2D eigenvalue weighted by molar-refractivity contribution is 0.0940. The molecular weight excluding hydrogens is 330 g/mol. The Balaban J connectivity index is 2.35. The molecule has 2 heterocycles. The van der Waals surface area contributed by atoms with Crippen LogP contribution in [0.5, 0.6) is 0 Å². The molecule has 0 spiro atoms. The number of anilines is 1. The normalized spacial score (nSPS) is 12.4. The second-order valence-electron chi connectivity index (χ2n) is 4.16. The van der Waals surface area contributed by atoms with Crippen LogP contribution in [0.15, 0.2) is 20.4 Å². The summed E-state index contributed by atoms with van der Waals surface area (Å²) in [6.45, 7) is 3.93. The first-order valence-corrected chi connectivity index (χ1v) is 7.45. The van der Waals surface area contributed by atoms with Gasteiger partial charge in [0.05, 0.1) is 8.66 Å². The fourth-order valence-corrected chi connectivity index (χ4v) is 2.90. The van der Waals surface area contributed by atoms with Gasteiger partial charge < -0.3 is 15.6 Å². The van der Waals surface area contributed by atoms with Gasteiger partial charge in [0.2, 0.25) is 5.88 Å². The standard InChI is InChI=1S/C12H14BrN3O2S/c1-3-6(2)15-12(17)9-10(16-18-11(9)14)7-4-5-8(13)19-7/h4-6H,3,14H2,1-2H3,(H,15,17). The number of aromatic nitrogens is 1. The zero-order valence-electron chi connectivity index (χ0n) is 10.6. The van der Waals surface area contributed by atoms with Crippen LogP contribution in [0, 0.1) is 0 Å². The summed E-state index contributed by atoms with van der Waals surface area (Å²) in [6.07, 6.45) is 0.844. The van der Waals surface area contributed by atoms with Gasteiger partial charge in [0.15, 0.2) is 0 Å². The van der Waals surface area contributed by atoms with Crippen LogP contribution in [0.1, 0.15) is 30.6 Å². The second kappa shape index (κ2) is 5.75. The molecule has 0 radical (unpaired) electrons. The third kappa shape index (κ3) is 2.98. The number of carbonyl (C=O) groups is 1. The molecule has 1 atom stereocenters. The molecule has 0 aromatic carbocycles. The number of nitrogens with zero attached hydrogens (tertiary/aromatic N) is 1. The maximum atomic E-state index is 12.2. The fourth-order valence-electron chi connectivity index (χ4n) is 1.53. The number of rotatable bonds is 4. The Morgan fingerprint density at radius 1 is 1.63 bits per heavy atom. The van der Waals surface area contributed by atoms with Crippen LogP contribution in [-0.2, 0) is 0 Å². The van der Waals surface area contributed by atoms with Crippen molar-refractivity contribution in [1.82, 2.24) is 10.5 Å². The highest BCUT2D eigenvalue weighted by molar-refractivity contribution is 9.11. The van der Waals surface area contributed by atoms with Crippen LogP contribution in [-0.4, -0.2) is 17.1 Å². The maximum Gasteiger partial charge on any atom is 0.259 e. The first-order valence-electron chi connectivity index (χ1n) is 5.84. The van der Waals surface area contributed by atoms with Gasteiger partial charge in [-0.25, -0.2) is 0 Å². The zero-order chi connectivity index (χ0) is 14.0. The molecule has 0 saturated carbocycles. The quantitative estimate of drug-likeness (QED) is 0.892. The number of nitrogen functional groups attached to an aromatic ring is 1. The van der Waals surface area contributed by atoms with Gasteiger partial charge in [-0.2, -0.15) is 0 Å². The van der Waals surface area contributed by atoms with Gasteiger partial charge >= 0.3 is 0 Å². The number of hydrogen-bond donors (Lipinski definition) is 2. The molecule has 0 saturated heterocycles. The van der Waals surface area contributed by atoms with E-state index in [1.165, 1.54) is 11.3 Å². The minimum absolute atomic E-state index is 0.0420. The van der Waals surface area contributed by atoms with E-state index in [-0.39, 0.29) is 17.8 Å². The molecule has 0 bridgehead atoms. The molecule has 5 nitrogen and oxygen atoms in total. The van der Waals surface area contributed by atoms with Gasteiger partial charge in [0, 0.05) is 6.04 Å². The van der Waals surface area contributed by atoms with E-state index >= 15 is 0 Å². The van der Waals surface area contributed by atoms with Crippen molar-refractivity contribution >= 4 is 39.1 Å². The average molecular weight is 344 g/mol. The van der Waals surface area contributed by atoms with Crippen LogP contribution in [0.4, 0.5) is 5.88 Å². The van der Waals surface area contributed by atoms with Gasteiger partial charge in [-0.15, -0.1) is 11.3 Å². The third-order valence-electron chi connectivity index (χ3n) is 2.74. The van der Waals surface area contributed by atoms with Crippen LogP contribution < -0.4 is 11.1 Å². The largest absolute Gasteiger partial charge is 0.367 e. The fraction of sp³-hybridized carbons (Fsp3) is 0.333. The number of nitrogens with one attached hydrogen (secondary N) is 1. The van der Waals surface area contributed by atoms with Gasteiger partial charge in [0.1, 0.15) is 11.3 Å². The van der Waals surface area contributed by atoms with Gasteiger partial charge in [-0.3, -0.25) is 4.79 Å². The van der Waals surface area contributed by atoms with E-state index < -0.39 is 0 Å². The van der Waals surface area contributed by atoms with Crippen molar-refractivity contribution in [3.05, 3.63) is 21.5 Å². The highest BCUT2D eigenvalue weighted by Crippen LogP contribution is 2.34. The lowest BCUT2D eigenvalue weighted by Gasteiger charge is -2.10. The Labute approximate surface area is 123 Å². The summed E-state index contributed by atoms with van der Waals surface area (Å²) in [5.41, 5.74) is 6.49. The van der Waals surface area contributed by atoms with Gasteiger partial charge in [-0.1, -0.05) is 12.1 Å². The van der Waals surface area contributed by atoms with Gasteiger partial charge in [-0.05, 0) is 41.4 Å². The Kier molecular flexibility index (Phi) is 4.26. The number of halogens is 1. The molecule has 1 unspecified atom stereocenters. The Morgan fingerprint density at radius 3 is 2.95 bits per heavy atom. The van der Waals surface area contributed by atoms with Crippen LogP contribution in [0.2, 0.25) is 0 Å². The SMILES string of the molecule is CCC(C)NC(=O)c1c(-c2ccc(Br)s2)noc1N. The van der Waals surface area contributed by atoms with Crippen molar-refractivity contribution in [2.45, 2.75) is 26.3 Å². The summed E-state index contributed by atoms with van der Waals surface area (Å²) in [4.78, 5) is 13.0.